The first-order valence-electron chi connectivity index (χ1n) is 6.33. The fourth-order valence-electron chi connectivity index (χ4n) is 1.94. The molecular formula is C14H13FN4O2. The van der Waals surface area contributed by atoms with Gasteiger partial charge in [0.1, 0.15) is 5.52 Å². The number of aryl methyl sites for hydroxylation is 1. The minimum atomic E-state index is -0.611. The van der Waals surface area contributed by atoms with E-state index in [-0.39, 0.29) is 11.8 Å². The zero-order valence-electron chi connectivity index (χ0n) is 11.6. The Labute approximate surface area is 120 Å². The number of hydrogen-bond acceptors (Lipinski definition) is 6. The molecule has 0 radical (unpaired) electrons. The molecule has 21 heavy (non-hydrogen) atoms. The summed E-state index contributed by atoms with van der Waals surface area (Å²) >= 11 is 0. The molecule has 108 valence electrons. The van der Waals surface area contributed by atoms with Gasteiger partial charge in [-0.05, 0) is 18.6 Å². The van der Waals surface area contributed by atoms with E-state index in [9.17, 15) is 4.39 Å². The summed E-state index contributed by atoms with van der Waals surface area (Å²) in [6.07, 6.45) is 1.05. The van der Waals surface area contributed by atoms with Crippen LogP contribution in [-0.4, -0.2) is 22.1 Å². The van der Waals surface area contributed by atoms with Gasteiger partial charge in [0.05, 0.1) is 19.9 Å². The highest BCUT2D eigenvalue weighted by molar-refractivity contribution is 5.76. The van der Waals surface area contributed by atoms with E-state index >= 15 is 0 Å². The number of nitrogens with one attached hydrogen (secondary N) is 1. The van der Waals surface area contributed by atoms with E-state index in [0.717, 1.165) is 22.9 Å². The number of benzene rings is 1. The van der Waals surface area contributed by atoms with Gasteiger partial charge >= 0.3 is 0 Å². The van der Waals surface area contributed by atoms with Crippen molar-refractivity contribution in [2.75, 3.05) is 12.4 Å². The van der Waals surface area contributed by atoms with Gasteiger partial charge in [-0.1, -0.05) is 12.1 Å². The largest absolute Gasteiger partial charge is 0.479 e. The topological polar surface area (TPSA) is 73.1 Å². The number of para-hydroxylation sites is 1. The normalized spacial score (nSPS) is 10.8. The van der Waals surface area contributed by atoms with Crippen molar-refractivity contribution in [3.05, 3.63) is 41.7 Å². The van der Waals surface area contributed by atoms with Crippen molar-refractivity contribution in [2.24, 2.45) is 0 Å². The SMILES string of the molecule is COc1nc(NCc2nc3c(C)cccc3o2)ncc1F. The summed E-state index contributed by atoms with van der Waals surface area (Å²) in [7, 11) is 1.35. The van der Waals surface area contributed by atoms with E-state index in [0.29, 0.717) is 12.4 Å². The van der Waals surface area contributed by atoms with Crippen LogP contribution in [0.5, 0.6) is 5.88 Å². The van der Waals surface area contributed by atoms with E-state index in [4.69, 9.17) is 9.15 Å². The van der Waals surface area contributed by atoms with Crippen LogP contribution in [0.15, 0.2) is 28.8 Å². The summed E-state index contributed by atoms with van der Waals surface area (Å²) < 4.78 is 23.6. The summed E-state index contributed by atoms with van der Waals surface area (Å²) in [6, 6.07) is 5.74. The highest BCUT2D eigenvalue weighted by Gasteiger charge is 2.10. The van der Waals surface area contributed by atoms with Gasteiger partial charge in [0, 0.05) is 0 Å². The van der Waals surface area contributed by atoms with Crippen LogP contribution < -0.4 is 10.1 Å². The number of nitrogens with zero attached hydrogens (tertiary/aromatic N) is 3. The number of oxazole rings is 1. The van der Waals surface area contributed by atoms with Crippen LogP contribution in [0.1, 0.15) is 11.5 Å². The molecule has 1 N–H and O–H groups in total. The average molecular weight is 288 g/mol. The molecule has 0 fully saturated rings. The molecule has 0 aliphatic heterocycles. The molecule has 0 bridgehead atoms. The Balaban J connectivity index is 1.78. The molecule has 7 heteroatoms. The van der Waals surface area contributed by atoms with Crippen LogP contribution in [0.2, 0.25) is 0 Å². The lowest BCUT2D eigenvalue weighted by molar-refractivity contribution is 0.367. The first kappa shape index (κ1) is 13.3. The molecular weight excluding hydrogens is 275 g/mol. The fourth-order valence-corrected chi connectivity index (χ4v) is 1.94. The summed E-state index contributed by atoms with van der Waals surface area (Å²) in [5, 5.41) is 2.92. The number of anilines is 1. The first-order valence-corrected chi connectivity index (χ1v) is 6.33. The van der Waals surface area contributed by atoms with Gasteiger partial charge in [0.25, 0.3) is 5.88 Å². The highest BCUT2D eigenvalue weighted by Crippen LogP contribution is 2.19. The zero-order chi connectivity index (χ0) is 14.8. The third kappa shape index (κ3) is 2.62. The van der Waals surface area contributed by atoms with E-state index in [1.54, 1.807) is 0 Å². The van der Waals surface area contributed by atoms with Gasteiger partial charge < -0.3 is 14.5 Å². The number of halogens is 1. The van der Waals surface area contributed by atoms with Crippen molar-refractivity contribution in [3.63, 3.8) is 0 Å². The van der Waals surface area contributed by atoms with Crippen molar-refractivity contribution < 1.29 is 13.5 Å². The van der Waals surface area contributed by atoms with Gasteiger partial charge in [-0.2, -0.15) is 9.37 Å². The number of fused-ring (bicyclic) bond motifs is 1. The van der Waals surface area contributed by atoms with Crippen molar-refractivity contribution in [1.82, 2.24) is 15.0 Å². The van der Waals surface area contributed by atoms with E-state index in [2.05, 4.69) is 20.3 Å². The van der Waals surface area contributed by atoms with Crippen molar-refractivity contribution >= 4 is 17.0 Å². The molecule has 0 spiro atoms. The average Bonchev–Trinajstić information content (AvgIpc) is 2.91. The number of methoxy groups -OCH3 is 1. The van der Waals surface area contributed by atoms with E-state index in [1.165, 1.54) is 7.11 Å². The first-order chi connectivity index (χ1) is 10.2. The third-order valence-corrected chi connectivity index (χ3v) is 2.97. The molecule has 0 saturated carbocycles. The molecule has 0 atom stereocenters. The van der Waals surface area contributed by atoms with Gasteiger partial charge in [-0.3, -0.25) is 0 Å². The summed E-state index contributed by atoms with van der Waals surface area (Å²) in [4.78, 5) is 12.1. The molecule has 0 aliphatic rings. The molecule has 0 amide bonds. The zero-order valence-corrected chi connectivity index (χ0v) is 11.6. The maximum absolute atomic E-state index is 13.2. The number of aromatic nitrogens is 3. The quantitative estimate of drug-likeness (QED) is 0.795. The second-order valence-electron chi connectivity index (χ2n) is 4.43. The molecule has 2 aromatic heterocycles. The predicted molar refractivity (Wildman–Crippen MR) is 74.6 cm³/mol. The number of hydrogen-bond donors (Lipinski definition) is 1. The summed E-state index contributed by atoms with van der Waals surface area (Å²) in [5.41, 5.74) is 2.60. The van der Waals surface area contributed by atoms with Gasteiger partial charge in [-0.15, -0.1) is 0 Å². The summed E-state index contributed by atoms with van der Waals surface area (Å²) in [6.45, 7) is 2.26. The monoisotopic (exact) mass is 288 g/mol. The van der Waals surface area contributed by atoms with Crippen LogP contribution in [0.25, 0.3) is 11.1 Å². The van der Waals surface area contributed by atoms with Crippen molar-refractivity contribution in [1.29, 1.82) is 0 Å². The van der Waals surface area contributed by atoms with Gasteiger partial charge in [-0.25, -0.2) is 9.97 Å². The Morgan fingerprint density at radius 1 is 1.33 bits per heavy atom. The van der Waals surface area contributed by atoms with Crippen LogP contribution in [0.3, 0.4) is 0 Å². The Morgan fingerprint density at radius 3 is 2.95 bits per heavy atom. The van der Waals surface area contributed by atoms with Crippen molar-refractivity contribution in [2.45, 2.75) is 13.5 Å². The smallest absolute Gasteiger partial charge is 0.255 e. The molecule has 3 aromatic rings. The van der Waals surface area contributed by atoms with Gasteiger partial charge in [0.2, 0.25) is 17.7 Å². The molecule has 1 aromatic carbocycles. The number of ether oxygens (including phenoxy) is 1. The summed E-state index contributed by atoms with van der Waals surface area (Å²) in [5.74, 6) is 0.0277. The van der Waals surface area contributed by atoms with Crippen LogP contribution in [-0.2, 0) is 6.54 Å². The predicted octanol–water partition coefficient (Wildman–Crippen LogP) is 2.69. The Kier molecular flexibility index (Phi) is 3.39. The minimum Gasteiger partial charge on any atom is -0.479 e. The molecule has 0 aliphatic carbocycles. The molecule has 6 nitrogen and oxygen atoms in total. The van der Waals surface area contributed by atoms with Crippen LogP contribution in [0.4, 0.5) is 10.3 Å². The Bertz CT molecular complexity index is 788. The van der Waals surface area contributed by atoms with Crippen LogP contribution in [0, 0.1) is 12.7 Å². The minimum absolute atomic E-state index is 0.110. The van der Waals surface area contributed by atoms with Gasteiger partial charge in [0.15, 0.2) is 5.58 Å². The van der Waals surface area contributed by atoms with E-state index < -0.39 is 5.82 Å². The molecule has 3 rings (SSSR count). The lowest BCUT2D eigenvalue weighted by atomic mass is 10.2. The second-order valence-corrected chi connectivity index (χ2v) is 4.43. The third-order valence-electron chi connectivity index (χ3n) is 2.97. The van der Waals surface area contributed by atoms with E-state index in [1.807, 2.05) is 25.1 Å². The molecule has 2 heterocycles. The lowest BCUT2D eigenvalue weighted by Gasteiger charge is -2.04. The molecule has 0 unspecified atom stereocenters. The Hall–Kier alpha value is -2.70. The highest BCUT2D eigenvalue weighted by atomic mass is 19.1. The lowest BCUT2D eigenvalue weighted by Crippen LogP contribution is -2.05. The number of rotatable bonds is 4. The second kappa shape index (κ2) is 5.35. The standard InChI is InChI=1S/C14H13FN4O2/c1-8-4-3-5-10-12(8)18-11(21-10)7-17-14-16-6-9(15)13(19-14)20-2/h3-6H,7H2,1-2H3,(H,16,17,19). The molecule has 0 saturated heterocycles. The maximum atomic E-state index is 13.2. The van der Waals surface area contributed by atoms with Crippen molar-refractivity contribution in [3.8, 4) is 5.88 Å². The van der Waals surface area contributed by atoms with Crippen LogP contribution >= 0.6 is 0 Å². The maximum Gasteiger partial charge on any atom is 0.255 e. The Morgan fingerprint density at radius 2 is 2.19 bits per heavy atom. The fraction of sp³-hybridized carbons (Fsp3) is 0.214.